The third-order valence-electron chi connectivity index (χ3n) is 3.42. The van der Waals surface area contributed by atoms with Gasteiger partial charge in [0.1, 0.15) is 0 Å². The summed E-state index contributed by atoms with van der Waals surface area (Å²) in [6, 6.07) is 16.1. The molecule has 0 saturated carbocycles. The van der Waals surface area contributed by atoms with E-state index in [9.17, 15) is 4.79 Å². The van der Waals surface area contributed by atoms with E-state index in [-0.39, 0.29) is 5.91 Å². The van der Waals surface area contributed by atoms with Crippen LogP contribution in [-0.4, -0.2) is 5.91 Å². The van der Waals surface area contributed by atoms with Crippen LogP contribution >= 0.6 is 15.9 Å². The summed E-state index contributed by atoms with van der Waals surface area (Å²) in [6.07, 6.45) is 1.26. The van der Waals surface area contributed by atoms with Gasteiger partial charge < -0.3 is 5.32 Å². The number of hydrogen-bond acceptors (Lipinski definition) is 1. The molecule has 110 valence electrons. The van der Waals surface area contributed by atoms with Gasteiger partial charge in [0.15, 0.2) is 0 Å². The summed E-state index contributed by atoms with van der Waals surface area (Å²) in [6.45, 7) is 4.36. The fourth-order valence-corrected chi connectivity index (χ4v) is 2.35. The van der Waals surface area contributed by atoms with E-state index in [1.54, 1.807) is 0 Å². The normalized spacial score (nSPS) is 10.7. The molecule has 0 aliphatic heterocycles. The number of carbonyl (C=O) groups is 1. The van der Waals surface area contributed by atoms with Gasteiger partial charge in [-0.05, 0) is 47.7 Å². The summed E-state index contributed by atoms with van der Waals surface area (Å²) in [4.78, 5) is 11.9. The zero-order valence-corrected chi connectivity index (χ0v) is 14.0. The minimum absolute atomic E-state index is 0.0465. The first-order chi connectivity index (χ1) is 10.0. The predicted octanol–water partition coefficient (Wildman–Crippen LogP) is 5.14. The zero-order chi connectivity index (χ0) is 15.2. The van der Waals surface area contributed by atoms with Crippen LogP contribution in [0.5, 0.6) is 0 Å². The Hall–Kier alpha value is -1.61. The number of anilines is 1. The number of amides is 1. The van der Waals surface area contributed by atoms with Crippen molar-refractivity contribution in [3.63, 3.8) is 0 Å². The van der Waals surface area contributed by atoms with Crippen molar-refractivity contribution in [3.8, 4) is 0 Å². The highest BCUT2D eigenvalue weighted by molar-refractivity contribution is 9.10. The molecule has 21 heavy (non-hydrogen) atoms. The second kappa shape index (κ2) is 7.41. The largest absolute Gasteiger partial charge is 0.326 e. The summed E-state index contributed by atoms with van der Waals surface area (Å²) < 4.78 is 1.01. The SMILES string of the molecule is CC(C)c1ccc(CCC(=O)Nc2ccc(Br)cc2)cc1. The fraction of sp³-hybridized carbons (Fsp3) is 0.278. The van der Waals surface area contributed by atoms with Gasteiger partial charge in [0.2, 0.25) is 5.91 Å². The van der Waals surface area contributed by atoms with Gasteiger partial charge in [0, 0.05) is 16.6 Å². The average Bonchev–Trinajstić information content (AvgIpc) is 2.48. The molecule has 0 aliphatic rings. The first kappa shape index (κ1) is 15.8. The number of aryl methyl sites for hydroxylation is 1. The average molecular weight is 346 g/mol. The van der Waals surface area contributed by atoms with Gasteiger partial charge in [0.25, 0.3) is 0 Å². The molecule has 0 saturated heterocycles. The minimum Gasteiger partial charge on any atom is -0.326 e. The number of halogens is 1. The lowest BCUT2D eigenvalue weighted by molar-refractivity contribution is -0.116. The van der Waals surface area contributed by atoms with Crippen molar-refractivity contribution in [1.29, 1.82) is 0 Å². The Labute approximate surface area is 134 Å². The predicted molar refractivity (Wildman–Crippen MR) is 91.6 cm³/mol. The molecule has 0 spiro atoms. The third kappa shape index (κ3) is 5.01. The molecule has 0 heterocycles. The van der Waals surface area contributed by atoms with E-state index in [0.717, 1.165) is 16.6 Å². The van der Waals surface area contributed by atoms with Crippen molar-refractivity contribution >= 4 is 27.5 Å². The van der Waals surface area contributed by atoms with Crippen LogP contribution in [0.25, 0.3) is 0 Å². The van der Waals surface area contributed by atoms with E-state index in [1.165, 1.54) is 11.1 Å². The highest BCUT2D eigenvalue weighted by Gasteiger charge is 2.04. The molecular formula is C18H20BrNO. The van der Waals surface area contributed by atoms with E-state index in [4.69, 9.17) is 0 Å². The lowest BCUT2D eigenvalue weighted by Gasteiger charge is -2.08. The van der Waals surface area contributed by atoms with Gasteiger partial charge in [-0.3, -0.25) is 4.79 Å². The molecule has 0 radical (unpaired) electrons. The van der Waals surface area contributed by atoms with Crippen molar-refractivity contribution in [1.82, 2.24) is 0 Å². The second-order valence-corrected chi connectivity index (χ2v) is 6.37. The molecule has 1 amide bonds. The minimum atomic E-state index is 0.0465. The van der Waals surface area contributed by atoms with Crippen molar-refractivity contribution < 1.29 is 4.79 Å². The molecule has 2 aromatic carbocycles. The Kier molecular flexibility index (Phi) is 5.57. The highest BCUT2D eigenvalue weighted by Crippen LogP contribution is 2.16. The van der Waals surface area contributed by atoms with Crippen LogP contribution in [0.4, 0.5) is 5.69 Å². The van der Waals surface area contributed by atoms with Crippen molar-refractivity contribution in [2.24, 2.45) is 0 Å². The molecule has 2 rings (SSSR count). The van der Waals surface area contributed by atoms with Crippen LogP contribution < -0.4 is 5.32 Å². The Balaban J connectivity index is 1.84. The lowest BCUT2D eigenvalue weighted by atomic mass is 10.0. The van der Waals surface area contributed by atoms with Gasteiger partial charge in [-0.1, -0.05) is 54.0 Å². The number of nitrogens with one attached hydrogen (secondary N) is 1. The molecule has 1 N–H and O–H groups in total. The maximum absolute atomic E-state index is 11.9. The van der Waals surface area contributed by atoms with Gasteiger partial charge in [-0.25, -0.2) is 0 Å². The first-order valence-corrected chi connectivity index (χ1v) is 7.98. The number of benzene rings is 2. The van der Waals surface area contributed by atoms with Crippen molar-refractivity contribution in [3.05, 3.63) is 64.1 Å². The molecule has 2 aromatic rings. The second-order valence-electron chi connectivity index (χ2n) is 5.45. The first-order valence-electron chi connectivity index (χ1n) is 7.19. The summed E-state index contributed by atoms with van der Waals surface area (Å²) in [7, 11) is 0. The van der Waals surface area contributed by atoms with E-state index in [0.29, 0.717) is 12.3 Å². The van der Waals surface area contributed by atoms with Gasteiger partial charge >= 0.3 is 0 Å². The molecule has 0 aromatic heterocycles. The summed E-state index contributed by atoms with van der Waals surface area (Å²) in [5.74, 6) is 0.588. The van der Waals surface area contributed by atoms with Crippen molar-refractivity contribution in [2.45, 2.75) is 32.6 Å². The van der Waals surface area contributed by atoms with Crippen LogP contribution in [0.3, 0.4) is 0 Å². The summed E-state index contributed by atoms with van der Waals surface area (Å²) >= 11 is 3.38. The Morgan fingerprint density at radius 1 is 1.05 bits per heavy atom. The quantitative estimate of drug-likeness (QED) is 0.798. The van der Waals surface area contributed by atoms with Gasteiger partial charge in [-0.2, -0.15) is 0 Å². The monoisotopic (exact) mass is 345 g/mol. The zero-order valence-electron chi connectivity index (χ0n) is 12.4. The Morgan fingerprint density at radius 3 is 2.24 bits per heavy atom. The van der Waals surface area contributed by atoms with E-state index in [1.807, 2.05) is 24.3 Å². The molecule has 2 nitrogen and oxygen atoms in total. The molecule has 0 bridgehead atoms. The molecule has 0 atom stereocenters. The standard InChI is InChI=1S/C18H20BrNO/c1-13(2)15-6-3-14(4-7-15)5-12-18(21)20-17-10-8-16(19)9-11-17/h3-4,6-11,13H,5,12H2,1-2H3,(H,20,21). The molecular weight excluding hydrogens is 326 g/mol. The van der Waals surface area contributed by atoms with Gasteiger partial charge in [-0.15, -0.1) is 0 Å². The summed E-state index contributed by atoms with van der Waals surface area (Å²) in [5.41, 5.74) is 3.36. The molecule has 0 unspecified atom stereocenters. The van der Waals surface area contributed by atoms with E-state index < -0.39 is 0 Å². The van der Waals surface area contributed by atoms with Crippen LogP contribution in [0.15, 0.2) is 53.0 Å². The van der Waals surface area contributed by atoms with E-state index >= 15 is 0 Å². The topological polar surface area (TPSA) is 29.1 Å². The molecule has 3 heteroatoms. The number of rotatable bonds is 5. The number of hydrogen-bond donors (Lipinski definition) is 1. The van der Waals surface area contributed by atoms with Crippen LogP contribution in [0.1, 0.15) is 37.3 Å². The smallest absolute Gasteiger partial charge is 0.224 e. The van der Waals surface area contributed by atoms with Crippen molar-refractivity contribution in [2.75, 3.05) is 5.32 Å². The maximum atomic E-state index is 11.9. The lowest BCUT2D eigenvalue weighted by Crippen LogP contribution is -2.12. The Bertz CT molecular complexity index is 588. The van der Waals surface area contributed by atoms with Crippen LogP contribution in [0.2, 0.25) is 0 Å². The highest BCUT2D eigenvalue weighted by atomic mass is 79.9. The maximum Gasteiger partial charge on any atom is 0.224 e. The third-order valence-corrected chi connectivity index (χ3v) is 3.94. The Morgan fingerprint density at radius 2 is 1.67 bits per heavy atom. The van der Waals surface area contributed by atoms with Gasteiger partial charge in [0.05, 0.1) is 0 Å². The fourth-order valence-electron chi connectivity index (χ4n) is 2.08. The van der Waals surface area contributed by atoms with Crippen LogP contribution in [0, 0.1) is 0 Å². The summed E-state index contributed by atoms with van der Waals surface area (Å²) in [5, 5.41) is 2.91. The van der Waals surface area contributed by atoms with E-state index in [2.05, 4.69) is 59.4 Å². The number of carbonyl (C=O) groups excluding carboxylic acids is 1. The molecule has 0 aliphatic carbocycles. The van der Waals surface area contributed by atoms with Crippen LogP contribution in [-0.2, 0) is 11.2 Å². The molecule has 0 fully saturated rings.